The number of pyridine rings is 1. The standard InChI is InChI=1S/C14H6ClN3O2/c15-7-1-2-8-11(5-7)18-13(12(8)19)17-10-3-4-16-6-9(10)14(18)20/h1-6H. The Balaban J connectivity index is 2.21. The Labute approximate surface area is 117 Å². The highest BCUT2D eigenvalue weighted by Gasteiger charge is 2.30. The molecule has 0 radical (unpaired) electrons. The van der Waals surface area contributed by atoms with Crippen molar-refractivity contribution in [1.29, 1.82) is 0 Å². The van der Waals surface area contributed by atoms with Gasteiger partial charge in [0, 0.05) is 17.4 Å². The van der Waals surface area contributed by atoms with Crippen molar-refractivity contribution in [2.45, 2.75) is 0 Å². The second-order valence-electron chi connectivity index (χ2n) is 4.46. The molecular formula is C14H6ClN3O2. The fourth-order valence-electron chi connectivity index (χ4n) is 2.41. The van der Waals surface area contributed by atoms with E-state index < -0.39 is 0 Å². The highest BCUT2D eigenvalue weighted by Crippen LogP contribution is 2.28. The second kappa shape index (κ2) is 3.74. The number of hydrogen-bond donors (Lipinski definition) is 0. The van der Waals surface area contributed by atoms with Gasteiger partial charge in [-0.05, 0) is 24.3 Å². The summed E-state index contributed by atoms with van der Waals surface area (Å²) in [4.78, 5) is 33.0. The normalized spacial score (nSPS) is 12.6. The van der Waals surface area contributed by atoms with E-state index in [0.717, 1.165) is 0 Å². The highest BCUT2D eigenvalue weighted by atomic mass is 35.5. The summed E-state index contributed by atoms with van der Waals surface area (Å²) in [6.07, 6.45) is 2.99. The molecule has 0 spiro atoms. The quantitative estimate of drug-likeness (QED) is 0.495. The molecule has 3 heterocycles. The molecule has 0 bridgehead atoms. The van der Waals surface area contributed by atoms with Crippen LogP contribution in [0.4, 0.5) is 0 Å². The first-order chi connectivity index (χ1) is 9.66. The van der Waals surface area contributed by atoms with E-state index in [1.165, 1.54) is 17.0 Å². The summed E-state index contributed by atoms with van der Waals surface area (Å²) in [6, 6.07) is 6.44. The van der Waals surface area contributed by atoms with E-state index in [1.54, 1.807) is 24.3 Å². The van der Waals surface area contributed by atoms with Crippen LogP contribution in [0.2, 0.25) is 5.02 Å². The smallest absolute Gasteiger partial charge is 0.267 e. The number of halogens is 1. The lowest BCUT2D eigenvalue weighted by Gasteiger charge is -2.05. The van der Waals surface area contributed by atoms with Gasteiger partial charge in [0.05, 0.1) is 22.2 Å². The van der Waals surface area contributed by atoms with Crippen LogP contribution in [0, 0.1) is 0 Å². The van der Waals surface area contributed by atoms with E-state index in [4.69, 9.17) is 11.6 Å². The molecule has 2 aromatic heterocycles. The van der Waals surface area contributed by atoms with E-state index in [-0.39, 0.29) is 17.2 Å². The summed E-state index contributed by atoms with van der Waals surface area (Å²) in [6.45, 7) is 0. The third kappa shape index (κ3) is 1.32. The van der Waals surface area contributed by atoms with Crippen molar-refractivity contribution in [3.8, 4) is 5.69 Å². The van der Waals surface area contributed by atoms with E-state index in [0.29, 0.717) is 27.2 Å². The molecule has 1 aliphatic rings. The van der Waals surface area contributed by atoms with Gasteiger partial charge in [0.15, 0.2) is 5.82 Å². The fraction of sp³-hybridized carbons (Fsp3) is 0. The molecule has 1 aliphatic heterocycles. The maximum absolute atomic E-state index is 12.5. The third-order valence-electron chi connectivity index (χ3n) is 3.32. The van der Waals surface area contributed by atoms with E-state index in [2.05, 4.69) is 9.97 Å². The zero-order valence-corrected chi connectivity index (χ0v) is 10.8. The van der Waals surface area contributed by atoms with Crippen molar-refractivity contribution in [3.63, 3.8) is 0 Å². The average molecular weight is 284 g/mol. The van der Waals surface area contributed by atoms with Crippen molar-refractivity contribution in [1.82, 2.24) is 14.5 Å². The van der Waals surface area contributed by atoms with E-state index in [9.17, 15) is 9.59 Å². The number of nitrogens with zero attached hydrogens (tertiary/aromatic N) is 3. The predicted octanol–water partition coefficient (Wildman–Crippen LogP) is 1.98. The van der Waals surface area contributed by atoms with Crippen LogP contribution in [0.1, 0.15) is 16.2 Å². The third-order valence-corrected chi connectivity index (χ3v) is 3.55. The summed E-state index contributed by atoms with van der Waals surface area (Å²) < 4.78 is 1.30. The first kappa shape index (κ1) is 11.3. The average Bonchev–Trinajstić information content (AvgIpc) is 2.72. The maximum atomic E-state index is 12.5. The Morgan fingerprint density at radius 1 is 1.15 bits per heavy atom. The van der Waals surface area contributed by atoms with Gasteiger partial charge in [-0.3, -0.25) is 19.1 Å². The SMILES string of the molecule is O=C1c2ccc(Cl)cc2-n2c1nc1ccncc1c2=O. The van der Waals surface area contributed by atoms with Crippen LogP contribution >= 0.6 is 11.6 Å². The van der Waals surface area contributed by atoms with Crippen molar-refractivity contribution < 1.29 is 4.79 Å². The minimum Gasteiger partial charge on any atom is -0.285 e. The van der Waals surface area contributed by atoms with Gasteiger partial charge in [0.1, 0.15) is 0 Å². The highest BCUT2D eigenvalue weighted by molar-refractivity contribution is 6.31. The van der Waals surface area contributed by atoms with Crippen LogP contribution < -0.4 is 5.56 Å². The van der Waals surface area contributed by atoms with Gasteiger partial charge in [0.25, 0.3) is 5.56 Å². The van der Waals surface area contributed by atoms with Crippen LogP contribution in [0.15, 0.2) is 41.5 Å². The summed E-state index contributed by atoms with van der Waals surface area (Å²) >= 11 is 5.95. The lowest BCUT2D eigenvalue weighted by molar-refractivity contribution is 0.103. The van der Waals surface area contributed by atoms with E-state index in [1.807, 2.05) is 0 Å². The van der Waals surface area contributed by atoms with Gasteiger partial charge >= 0.3 is 0 Å². The van der Waals surface area contributed by atoms with Crippen LogP contribution in [0.3, 0.4) is 0 Å². The van der Waals surface area contributed by atoms with Gasteiger partial charge in [0.2, 0.25) is 5.78 Å². The number of ketones is 1. The zero-order chi connectivity index (χ0) is 13.9. The van der Waals surface area contributed by atoms with Crippen LogP contribution in [0.25, 0.3) is 16.6 Å². The van der Waals surface area contributed by atoms with Gasteiger partial charge < -0.3 is 0 Å². The zero-order valence-electron chi connectivity index (χ0n) is 10.0. The van der Waals surface area contributed by atoms with Crippen LogP contribution in [-0.2, 0) is 0 Å². The van der Waals surface area contributed by atoms with Crippen molar-refractivity contribution in [2.75, 3.05) is 0 Å². The lowest BCUT2D eigenvalue weighted by atomic mass is 10.1. The van der Waals surface area contributed by atoms with Crippen molar-refractivity contribution >= 4 is 28.3 Å². The van der Waals surface area contributed by atoms with Gasteiger partial charge in [-0.25, -0.2) is 4.98 Å². The van der Waals surface area contributed by atoms with Gasteiger partial charge in [-0.1, -0.05) is 11.6 Å². The number of carbonyl (C=O) groups is 1. The monoisotopic (exact) mass is 283 g/mol. The van der Waals surface area contributed by atoms with Crippen molar-refractivity contribution in [3.05, 3.63) is 63.4 Å². The molecule has 0 atom stereocenters. The van der Waals surface area contributed by atoms with Gasteiger partial charge in [-0.2, -0.15) is 0 Å². The Morgan fingerprint density at radius 2 is 2.00 bits per heavy atom. The molecule has 0 fully saturated rings. The molecular weight excluding hydrogens is 278 g/mol. The summed E-state index contributed by atoms with van der Waals surface area (Å²) in [7, 11) is 0. The second-order valence-corrected chi connectivity index (χ2v) is 4.90. The number of aromatic nitrogens is 3. The first-order valence-electron chi connectivity index (χ1n) is 5.88. The molecule has 0 N–H and O–H groups in total. The number of rotatable bonds is 0. The largest absolute Gasteiger partial charge is 0.285 e. The molecule has 0 saturated carbocycles. The molecule has 6 heteroatoms. The number of benzene rings is 1. The molecule has 3 aromatic rings. The van der Waals surface area contributed by atoms with Crippen molar-refractivity contribution in [2.24, 2.45) is 0 Å². The number of carbonyl (C=O) groups excluding carboxylic acids is 1. The number of hydrogen-bond acceptors (Lipinski definition) is 4. The topological polar surface area (TPSA) is 64.8 Å². The molecule has 0 saturated heterocycles. The molecule has 20 heavy (non-hydrogen) atoms. The lowest BCUT2D eigenvalue weighted by Crippen LogP contribution is -2.21. The predicted molar refractivity (Wildman–Crippen MR) is 73.6 cm³/mol. The molecule has 0 unspecified atom stereocenters. The minimum atomic E-state index is -0.313. The minimum absolute atomic E-state index is 0.117. The molecule has 0 amide bonds. The molecule has 0 aliphatic carbocycles. The van der Waals surface area contributed by atoms with Crippen LogP contribution in [0.5, 0.6) is 0 Å². The fourth-order valence-corrected chi connectivity index (χ4v) is 2.57. The summed E-state index contributed by atoms with van der Waals surface area (Å²) in [5.74, 6) is -0.154. The molecule has 5 nitrogen and oxygen atoms in total. The molecule has 96 valence electrons. The Morgan fingerprint density at radius 3 is 2.85 bits per heavy atom. The summed E-state index contributed by atoms with van der Waals surface area (Å²) in [5, 5.41) is 0.833. The van der Waals surface area contributed by atoms with E-state index >= 15 is 0 Å². The first-order valence-corrected chi connectivity index (χ1v) is 6.26. The Kier molecular flexibility index (Phi) is 2.11. The van der Waals surface area contributed by atoms with Crippen LogP contribution in [-0.4, -0.2) is 20.3 Å². The Hall–Kier alpha value is -2.53. The molecule has 4 rings (SSSR count). The molecule has 1 aromatic carbocycles. The Bertz CT molecular complexity index is 962. The number of fused-ring (bicyclic) bond motifs is 4. The maximum Gasteiger partial charge on any atom is 0.267 e. The summed E-state index contributed by atoms with van der Waals surface area (Å²) in [5.41, 5.74) is 1.05. The van der Waals surface area contributed by atoms with Gasteiger partial charge in [-0.15, -0.1) is 0 Å².